The molecule has 0 radical (unpaired) electrons. The Kier molecular flexibility index (Phi) is 5.08. The Balaban J connectivity index is 1.76. The normalized spacial score (nSPS) is 23.4. The first-order valence-corrected chi connectivity index (χ1v) is 9.49. The second-order valence-corrected chi connectivity index (χ2v) is 8.12. The van der Waals surface area contributed by atoms with Crippen molar-refractivity contribution < 1.29 is 10.2 Å². The van der Waals surface area contributed by atoms with Gasteiger partial charge in [0.25, 0.3) is 0 Å². The van der Waals surface area contributed by atoms with Gasteiger partial charge in [0.2, 0.25) is 0 Å². The van der Waals surface area contributed by atoms with Crippen LogP contribution < -0.4 is 0 Å². The molecule has 1 unspecified atom stereocenters. The van der Waals surface area contributed by atoms with Crippen molar-refractivity contribution in [2.24, 2.45) is 11.8 Å². The van der Waals surface area contributed by atoms with E-state index in [1.165, 1.54) is 36.8 Å². The highest BCUT2D eigenvalue weighted by Crippen LogP contribution is 2.48. The van der Waals surface area contributed by atoms with Crippen LogP contribution in [0.5, 0.6) is 11.5 Å². The van der Waals surface area contributed by atoms with Gasteiger partial charge in [0, 0.05) is 0 Å². The van der Waals surface area contributed by atoms with Gasteiger partial charge in [-0.3, -0.25) is 0 Å². The summed E-state index contributed by atoms with van der Waals surface area (Å²) < 4.78 is 0. The Labute approximate surface area is 151 Å². The highest BCUT2D eigenvalue weighted by molar-refractivity contribution is 5.33. The van der Waals surface area contributed by atoms with Crippen LogP contribution in [0.15, 0.2) is 48.5 Å². The number of phenols is 2. The summed E-state index contributed by atoms with van der Waals surface area (Å²) in [4.78, 5) is 0. The van der Waals surface area contributed by atoms with Gasteiger partial charge in [-0.1, -0.05) is 45.0 Å². The molecule has 1 saturated carbocycles. The minimum absolute atomic E-state index is 0.133. The van der Waals surface area contributed by atoms with Crippen molar-refractivity contribution in [1.82, 2.24) is 0 Å². The number of aromatic hydroxyl groups is 2. The number of phenolic OH excluding ortho intramolecular Hbond substituents is 2. The molecule has 0 amide bonds. The minimum Gasteiger partial charge on any atom is -0.508 e. The molecule has 2 heteroatoms. The standard InChI is InChI=1S/C23H30O2/c1-16(2)23(3,20-10-14-22(25)15-11-20)19-8-4-17(5-9-19)18-6-12-21(24)13-7-18/h6-7,10-17,19,24-25H,4-5,8-9H2,1-3H3. The first-order valence-electron chi connectivity index (χ1n) is 9.49. The summed E-state index contributed by atoms with van der Waals surface area (Å²) in [6, 6.07) is 15.6. The van der Waals surface area contributed by atoms with Gasteiger partial charge < -0.3 is 10.2 Å². The largest absolute Gasteiger partial charge is 0.508 e. The molecule has 134 valence electrons. The van der Waals surface area contributed by atoms with Crippen LogP contribution in [0.25, 0.3) is 0 Å². The SMILES string of the molecule is CC(C)C(C)(c1ccc(O)cc1)C1CCC(c2ccc(O)cc2)CC1. The summed E-state index contributed by atoms with van der Waals surface area (Å²) in [5, 5.41) is 19.1. The van der Waals surface area contributed by atoms with Crippen molar-refractivity contribution in [3.05, 3.63) is 59.7 Å². The van der Waals surface area contributed by atoms with E-state index in [2.05, 4.69) is 45.0 Å². The minimum atomic E-state index is 0.133. The highest BCUT2D eigenvalue weighted by atomic mass is 16.3. The van der Waals surface area contributed by atoms with E-state index in [1.807, 2.05) is 12.1 Å². The molecule has 0 heterocycles. The molecule has 1 fully saturated rings. The Bertz CT molecular complexity index is 679. The molecule has 0 saturated heterocycles. The smallest absolute Gasteiger partial charge is 0.115 e. The van der Waals surface area contributed by atoms with Crippen LogP contribution in [0.1, 0.15) is 63.5 Å². The monoisotopic (exact) mass is 338 g/mol. The Morgan fingerprint density at radius 2 is 1.28 bits per heavy atom. The zero-order valence-electron chi connectivity index (χ0n) is 15.6. The molecule has 2 aromatic carbocycles. The molecule has 0 aromatic heterocycles. The first kappa shape index (κ1) is 17.8. The van der Waals surface area contributed by atoms with Crippen LogP contribution >= 0.6 is 0 Å². The van der Waals surface area contributed by atoms with Gasteiger partial charge in [0.05, 0.1) is 0 Å². The summed E-state index contributed by atoms with van der Waals surface area (Å²) in [7, 11) is 0. The van der Waals surface area contributed by atoms with Gasteiger partial charge >= 0.3 is 0 Å². The summed E-state index contributed by atoms with van der Waals surface area (Å²) >= 11 is 0. The first-order chi connectivity index (χ1) is 11.9. The van der Waals surface area contributed by atoms with Gasteiger partial charge in [-0.25, -0.2) is 0 Å². The topological polar surface area (TPSA) is 40.5 Å². The summed E-state index contributed by atoms with van der Waals surface area (Å²) in [6.45, 7) is 7.04. The van der Waals surface area contributed by atoms with Crippen LogP contribution in [-0.4, -0.2) is 10.2 Å². The molecule has 0 spiro atoms. The van der Waals surface area contributed by atoms with Crippen LogP contribution in [0.2, 0.25) is 0 Å². The zero-order valence-corrected chi connectivity index (χ0v) is 15.6. The lowest BCUT2D eigenvalue weighted by Gasteiger charge is -2.45. The van der Waals surface area contributed by atoms with Crippen molar-refractivity contribution in [1.29, 1.82) is 0 Å². The predicted molar refractivity (Wildman–Crippen MR) is 103 cm³/mol. The average molecular weight is 338 g/mol. The van der Waals surface area contributed by atoms with Gasteiger partial charge in [0.15, 0.2) is 0 Å². The van der Waals surface area contributed by atoms with E-state index in [1.54, 1.807) is 12.1 Å². The molecular formula is C23H30O2. The average Bonchev–Trinajstić information content (AvgIpc) is 2.62. The second kappa shape index (κ2) is 7.11. The van der Waals surface area contributed by atoms with Crippen molar-refractivity contribution in [3.63, 3.8) is 0 Å². The summed E-state index contributed by atoms with van der Waals surface area (Å²) in [5.41, 5.74) is 2.83. The number of hydrogen-bond acceptors (Lipinski definition) is 2. The molecule has 3 rings (SSSR count). The maximum absolute atomic E-state index is 9.63. The lowest BCUT2D eigenvalue weighted by molar-refractivity contribution is 0.155. The van der Waals surface area contributed by atoms with Crippen molar-refractivity contribution in [2.45, 2.75) is 57.8 Å². The van der Waals surface area contributed by atoms with Crippen molar-refractivity contribution in [3.8, 4) is 11.5 Å². The number of hydrogen-bond donors (Lipinski definition) is 2. The van der Waals surface area contributed by atoms with Gasteiger partial charge in [-0.2, -0.15) is 0 Å². The zero-order chi connectivity index (χ0) is 18.0. The lowest BCUT2D eigenvalue weighted by Crippen LogP contribution is -2.39. The molecule has 0 aliphatic heterocycles. The van der Waals surface area contributed by atoms with Crippen molar-refractivity contribution >= 4 is 0 Å². The summed E-state index contributed by atoms with van der Waals surface area (Å²) in [6.07, 6.45) is 4.86. The fraction of sp³-hybridized carbons (Fsp3) is 0.478. The van der Waals surface area contributed by atoms with E-state index in [0.717, 1.165) is 0 Å². The van der Waals surface area contributed by atoms with Crippen LogP contribution in [0.3, 0.4) is 0 Å². The Morgan fingerprint density at radius 1 is 0.800 bits per heavy atom. The molecule has 2 aromatic rings. The van der Waals surface area contributed by atoms with Crippen LogP contribution in [-0.2, 0) is 5.41 Å². The van der Waals surface area contributed by atoms with E-state index in [-0.39, 0.29) is 5.41 Å². The predicted octanol–water partition coefficient (Wildman–Crippen LogP) is 5.99. The van der Waals surface area contributed by atoms with Crippen LogP contribution in [0, 0.1) is 11.8 Å². The number of rotatable bonds is 4. The molecule has 2 N–H and O–H groups in total. The quantitative estimate of drug-likeness (QED) is 0.719. The Hall–Kier alpha value is -1.96. The maximum Gasteiger partial charge on any atom is 0.115 e. The van der Waals surface area contributed by atoms with Crippen LogP contribution in [0.4, 0.5) is 0 Å². The maximum atomic E-state index is 9.63. The molecular weight excluding hydrogens is 308 g/mol. The van der Waals surface area contributed by atoms with E-state index >= 15 is 0 Å². The lowest BCUT2D eigenvalue weighted by atomic mass is 9.59. The van der Waals surface area contributed by atoms with Gasteiger partial charge in [0.1, 0.15) is 11.5 Å². The van der Waals surface area contributed by atoms with E-state index in [4.69, 9.17) is 0 Å². The molecule has 1 aliphatic carbocycles. The fourth-order valence-corrected chi connectivity index (χ4v) is 4.63. The second-order valence-electron chi connectivity index (χ2n) is 8.12. The molecule has 1 aliphatic rings. The Morgan fingerprint density at radius 3 is 1.76 bits per heavy atom. The fourth-order valence-electron chi connectivity index (χ4n) is 4.63. The van der Waals surface area contributed by atoms with Gasteiger partial charge in [-0.15, -0.1) is 0 Å². The third-order valence-corrected chi connectivity index (χ3v) is 6.63. The molecule has 25 heavy (non-hydrogen) atoms. The van der Waals surface area contributed by atoms with E-state index < -0.39 is 0 Å². The van der Waals surface area contributed by atoms with E-state index in [9.17, 15) is 10.2 Å². The molecule has 0 bridgehead atoms. The van der Waals surface area contributed by atoms with Gasteiger partial charge in [-0.05, 0) is 84.2 Å². The summed E-state index contributed by atoms with van der Waals surface area (Å²) in [5.74, 6) is 2.49. The molecule has 1 atom stereocenters. The number of benzene rings is 2. The highest BCUT2D eigenvalue weighted by Gasteiger charge is 2.40. The third-order valence-electron chi connectivity index (χ3n) is 6.63. The third kappa shape index (κ3) is 3.53. The van der Waals surface area contributed by atoms with Crippen molar-refractivity contribution in [2.75, 3.05) is 0 Å². The van der Waals surface area contributed by atoms with E-state index in [0.29, 0.717) is 29.3 Å². The molecule has 2 nitrogen and oxygen atoms in total.